The Bertz CT molecular complexity index is 957. The van der Waals surface area contributed by atoms with Crippen LogP contribution in [0.2, 0.25) is 0 Å². The number of aliphatic hydroxyl groups is 2. The average Bonchev–Trinajstić information content (AvgIpc) is 3.74. The standard InChI is InChI=1S/C24H37N3O3.C4H6O6/c28-24(27(19-7-3-1-4-8-19)20-9-5-2-6-10-20)22-21(17-26-13-15-29-16-14-26)23(30-25-22)18-11-12-18;5-1(3(7)8)2(6)4(9)10/h18-20H,1-17H2;1-2,5-6H,(H,7,8)(H,9,10)/t;1-,2-/m.0/s1. The van der Waals surface area contributed by atoms with Crippen LogP contribution in [-0.2, 0) is 20.9 Å². The molecule has 4 aliphatic rings. The summed E-state index contributed by atoms with van der Waals surface area (Å²) in [4.78, 5) is 38.2. The molecule has 0 bridgehead atoms. The van der Waals surface area contributed by atoms with Crippen molar-refractivity contribution in [2.45, 2.75) is 114 Å². The van der Waals surface area contributed by atoms with Crippen LogP contribution in [0.1, 0.15) is 105 Å². The number of aromatic nitrogens is 1. The summed E-state index contributed by atoms with van der Waals surface area (Å²) in [6.45, 7) is 4.13. The molecule has 3 aliphatic carbocycles. The van der Waals surface area contributed by atoms with Gasteiger partial charge in [0.05, 0.1) is 13.2 Å². The van der Waals surface area contributed by atoms with Crippen molar-refractivity contribution in [3.8, 4) is 0 Å². The van der Waals surface area contributed by atoms with E-state index in [0.717, 1.165) is 82.7 Å². The summed E-state index contributed by atoms with van der Waals surface area (Å²) < 4.78 is 11.4. The molecular formula is C28H43N3O9. The van der Waals surface area contributed by atoms with Gasteiger partial charge in [0.25, 0.3) is 5.91 Å². The number of hydrogen-bond acceptors (Lipinski definition) is 9. The number of carbonyl (C=O) groups is 3. The summed E-state index contributed by atoms with van der Waals surface area (Å²) in [5.41, 5.74) is 1.68. The smallest absolute Gasteiger partial charge is 0.335 e. The Morgan fingerprint density at radius 3 is 1.77 bits per heavy atom. The van der Waals surface area contributed by atoms with Crippen LogP contribution in [0.5, 0.6) is 0 Å². The zero-order valence-corrected chi connectivity index (χ0v) is 23.1. The van der Waals surface area contributed by atoms with E-state index >= 15 is 0 Å². The van der Waals surface area contributed by atoms with Crippen molar-refractivity contribution in [3.05, 3.63) is 17.0 Å². The molecule has 4 N–H and O–H groups in total. The maximum absolute atomic E-state index is 14.0. The largest absolute Gasteiger partial charge is 0.479 e. The van der Waals surface area contributed by atoms with Crippen molar-refractivity contribution in [1.82, 2.24) is 15.0 Å². The highest BCUT2D eigenvalue weighted by Crippen LogP contribution is 2.43. The summed E-state index contributed by atoms with van der Waals surface area (Å²) in [5, 5.41) is 37.0. The first kappa shape index (κ1) is 30.4. The van der Waals surface area contributed by atoms with Gasteiger partial charge in [-0.1, -0.05) is 43.7 Å². The van der Waals surface area contributed by atoms with Gasteiger partial charge < -0.3 is 34.6 Å². The number of carboxylic acid groups (broad SMARTS) is 2. The lowest BCUT2D eigenvalue weighted by Crippen LogP contribution is -2.49. The molecular weight excluding hydrogens is 522 g/mol. The Hall–Kier alpha value is -2.54. The topological polar surface area (TPSA) is 174 Å². The fourth-order valence-electron chi connectivity index (χ4n) is 6.03. The lowest BCUT2D eigenvalue weighted by molar-refractivity contribution is -0.165. The number of ether oxygens (including phenoxy) is 1. The van der Waals surface area contributed by atoms with Crippen LogP contribution in [0, 0.1) is 0 Å². The molecule has 0 unspecified atom stereocenters. The Morgan fingerprint density at radius 1 is 0.825 bits per heavy atom. The summed E-state index contributed by atoms with van der Waals surface area (Å²) in [7, 11) is 0. The number of carboxylic acids is 2. The maximum Gasteiger partial charge on any atom is 0.335 e. The number of rotatable bonds is 9. The van der Waals surface area contributed by atoms with Gasteiger partial charge in [-0.2, -0.15) is 0 Å². The van der Waals surface area contributed by atoms with E-state index in [4.69, 9.17) is 29.7 Å². The molecule has 40 heavy (non-hydrogen) atoms. The second-order valence-corrected chi connectivity index (χ2v) is 11.4. The van der Waals surface area contributed by atoms with Crippen LogP contribution in [-0.4, -0.2) is 104 Å². The van der Waals surface area contributed by atoms with Crippen molar-refractivity contribution >= 4 is 17.8 Å². The second kappa shape index (κ2) is 14.4. The minimum absolute atomic E-state index is 0.146. The monoisotopic (exact) mass is 565 g/mol. The molecule has 1 saturated heterocycles. The van der Waals surface area contributed by atoms with Crippen molar-refractivity contribution in [1.29, 1.82) is 0 Å². The first-order valence-electron chi connectivity index (χ1n) is 14.7. The fourth-order valence-corrected chi connectivity index (χ4v) is 6.03. The van der Waals surface area contributed by atoms with Crippen molar-refractivity contribution in [2.75, 3.05) is 26.3 Å². The van der Waals surface area contributed by atoms with Crippen molar-refractivity contribution in [3.63, 3.8) is 0 Å². The number of carbonyl (C=O) groups excluding carboxylic acids is 1. The van der Waals surface area contributed by atoms with Crippen LogP contribution in [0.15, 0.2) is 4.52 Å². The van der Waals surface area contributed by atoms with Crippen molar-refractivity contribution < 1.29 is 44.1 Å². The number of aliphatic carboxylic acids is 2. The lowest BCUT2D eigenvalue weighted by atomic mass is 9.88. The Kier molecular flexibility index (Phi) is 10.9. The highest BCUT2D eigenvalue weighted by Gasteiger charge is 2.39. The molecule has 2 heterocycles. The van der Waals surface area contributed by atoms with E-state index in [-0.39, 0.29) is 5.91 Å². The Balaban J connectivity index is 0.000000318. The molecule has 5 rings (SSSR count). The van der Waals surface area contributed by atoms with Crippen LogP contribution < -0.4 is 0 Å². The van der Waals surface area contributed by atoms with E-state index in [1.807, 2.05) is 0 Å². The molecule has 12 heteroatoms. The summed E-state index contributed by atoms with van der Waals surface area (Å²) in [5.74, 6) is -1.94. The molecule has 1 aliphatic heterocycles. The normalized spacial score (nSPS) is 22.6. The molecule has 0 spiro atoms. The van der Waals surface area contributed by atoms with Crippen LogP contribution in [0.25, 0.3) is 0 Å². The fraction of sp³-hybridized carbons (Fsp3) is 0.786. The highest BCUT2D eigenvalue weighted by atomic mass is 16.5. The average molecular weight is 566 g/mol. The SMILES string of the molecule is O=C(O)[C@@H](O)[C@H](O)C(=O)O.O=C(c1noc(C2CC2)c1CN1CCOCC1)N(C1CCCCC1)C1CCCCC1. The first-order chi connectivity index (χ1) is 19.3. The number of nitrogens with zero attached hydrogens (tertiary/aromatic N) is 3. The number of morpholine rings is 1. The zero-order chi connectivity index (χ0) is 28.6. The third kappa shape index (κ3) is 7.80. The highest BCUT2D eigenvalue weighted by molar-refractivity contribution is 5.94. The van der Waals surface area contributed by atoms with E-state index in [9.17, 15) is 14.4 Å². The van der Waals surface area contributed by atoms with Gasteiger partial charge in [-0.05, 0) is 38.5 Å². The Morgan fingerprint density at radius 2 is 1.32 bits per heavy atom. The van der Waals surface area contributed by atoms with Crippen LogP contribution >= 0.6 is 0 Å². The van der Waals surface area contributed by atoms with Gasteiger partial charge in [-0.15, -0.1) is 0 Å². The van der Waals surface area contributed by atoms with Gasteiger partial charge in [-0.3, -0.25) is 9.69 Å². The molecule has 3 saturated carbocycles. The van der Waals surface area contributed by atoms with Crippen LogP contribution in [0.4, 0.5) is 0 Å². The number of hydrogen-bond donors (Lipinski definition) is 4. The predicted molar refractivity (Wildman–Crippen MR) is 142 cm³/mol. The lowest BCUT2D eigenvalue weighted by Gasteiger charge is -2.41. The first-order valence-corrected chi connectivity index (χ1v) is 14.7. The summed E-state index contributed by atoms with van der Waals surface area (Å²) >= 11 is 0. The zero-order valence-electron chi connectivity index (χ0n) is 23.1. The van der Waals surface area contributed by atoms with Gasteiger partial charge in [0.2, 0.25) is 0 Å². The third-order valence-corrected chi connectivity index (χ3v) is 8.43. The maximum atomic E-state index is 14.0. The number of amides is 1. The van der Waals surface area contributed by atoms with E-state index in [2.05, 4.69) is 15.0 Å². The minimum atomic E-state index is -2.27. The molecule has 4 fully saturated rings. The third-order valence-electron chi connectivity index (χ3n) is 8.43. The summed E-state index contributed by atoms with van der Waals surface area (Å²) in [6.07, 6.45) is 9.97. The van der Waals surface area contributed by atoms with Gasteiger partial charge in [0, 0.05) is 43.2 Å². The Labute approximate surface area is 234 Å². The van der Waals surface area contributed by atoms with Crippen LogP contribution in [0.3, 0.4) is 0 Å². The van der Waals surface area contributed by atoms with Gasteiger partial charge in [-0.25, -0.2) is 9.59 Å². The van der Waals surface area contributed by atoms with E-state index < -0.39 is 24.1 Å². The van der Waals surface area contributed by atoms with Gasteiger partial charge >= 0.3 is 11.9 Å². The molecule has 2 atom stereocenters. The number of aliphatic hydroxyl groups excluding tert-OH is 2. The minimum Gasteiger partial charge on any atom is -0.479 e. The molecule has 224 valence electrons. The molecule has 0 radical (unpaired) electrons. The summed E-state index contributed by atoms with van der Waals surface area (Å²) in [6, 6.07) is 0.762. The quantitative estimate of drug-likeness (QED) is 0.346. The molecule has 1 aromatic rings. The van der Waals surface area contributed by atoms with E-state index in [1.54, 1.807) is 0 Å². The van der Waals surface area contributed by atoms with E-state index in [1.165, 1.54) is 38.5 Å². The van der Waals surface area contributed by atoms with Gasteiger partial charge in [0.1, 0.15) is 5.76 Å². The van der Waals surface area contributed by atoms with E-state index in [0.29, 0.717) is 23.7 Å². The molecule has 1 aromatic heterocycles. The van der Waals surface area contributed by atoms with Gasteiger partial charge in [0.15, 0.2) is 17.9 Å². The molecule has 1 amide bonds. The second-order valence-electron chi connectivity index (χ2n) is 11.4. The molecule has 12 nitrogen and oxygen atoms in total. The molecule has 0 aromatic carbocycles. The predicted octanol–water partition coefficient (Wildman–Crippen LogP) is 2.37. The van der Waals surface area contributed by atoms with Crippen molar-refractivity contribution in [2.24, 2.45) is 0 Å².